The number of nitrogens with zero attached hydrogens (tertiary/aromatic N) is 6. The van der Waals surface area contributed by atoms with Gasteiger partial charge in [0.2, 0.25) is 0 Å². The zero-order valence-electron chi connectivity index (χ0n) is 27.0. The Bertz CT molecular complexity index is 1590. The van der Waals surface area contributed by atoms with Crippen LogP contribution in [0.1, 0.15) is 60.6 Å². The third-order valence-electron chi connectivity index (χ3n) is 9.76. The molecule has 3 aliphatic rings. The van der Waals surface area contributed by atoms with E-state index < -0.39 is 52.7 Å². The Morgan fingerprint density at radius 1 is 1.19 bits per heavy atom. The molecule has 1 aliphatic carbocycles. The average Bonchev–Trinajstić information content (AvgIpc) is 3.32. The summed E-state index contributed by atoms with van der Waals surface area (Å²) in [6.45, 7) is 9.98. The second kappa shape index (κ2) is 13.3. The van der Waals surface area contributed by atoms with E-state index in [1.54, 1.807) is 6.92 Å². The number of aromatic nitrogens is 2. The topological polar surface area (TPSA) is 112 Å². The van der Waals surface area contributed by atoms with Crippen LogP contribution in [-0.4, -0.2) is 77.6 Å². The van der Waals surface area contributed by atoms with Crippen LogP contribution in [0, 0.1) is 35.9 Å². The van der Waals surface area contributed by atoms with Crippen molar-refractivity contribution in [2.24, 2.45) is 11.8 Å². The van der Waals surface area contributed by atoms with E-state index in [2.05, 4.69) is 29.5 Å². The van der Waals surface area contributed by atoms with Gasteiger partial charge in [-0.25, -0.2) is 8.78 Å². The number of nitrogens with two attached hydrogens (primary N) is 1. The molecule has 0 bridgehead atoms. The van der Waals surface area contributed by atoms with E-state index in [1.165, 1.54) is 11.8 Å². The lowest BCUT2D eigenvalue weighted by atomic mass is 9.73. The summed E-state index contributed by atoms with van der Waals surface area (Å²) in [6, 6.07) is 2.55. The summed E-state index contributed by atoms with van der Waals surface area (Å²) < 4.78 is 78.7. The lowest BCUT2D eigenvalue weighted by Gasteiger charge is -2.42. The number of likely N-dealkylation sites (N-methyl/N-ethyl adjacent to an activating group) is 1. The molecule has 5 rings (SSSR count). The third kappa shape index (κ3) is 6.86. The van der Waals surface area contributed by atoms with E-state index in [0.29, 0.717) is 23.0 Å². The fraction of sp³-hybridized carbons (Fsp3) is 0.576. The Labute approximate surface area is 271 Å². The van der Waals surface area contributed by atoms with E-state index in [4.69, 9.17) is 15.5 Å². The predicted octanol–water partition coefficient (Wildman–Crippen LogP) is 5.18. The first-order chi connectivity index (χ1) is 22.1. The molecule has 14 heteroatoms. The van der Waals surface area contributed by atoms with Crippen LogP contribution < -0.4 is 15.4 Å². The van der Waals surface area contributed by atoms with Gasteiger partial charge in [-0.05, 0) is 62.6 Å². The molecule has 2 aliphatic heterocycles. The number of nitriles is 1. The minimum atomic E-state index is -4.80. The van der Waals surface area contributed by atoms with E-state index in [1.807, 2.05) is 11.9 Å². The molecule has 0 spiro atoms. The summed E-state index contributed by atoms with van der Waals surface area (Å²) >= 11 is 0. The number of nitrogen functional groups attached to an aromatic ring is 1. The van der Waals surface area contributed by atoms with Crippen LogP contribution >= 0.6 is 0 Å². The van der Waals surface area contributed by atoms with Crippen molar-refractivity contribution in [2.45, 2.75) is 70.6 Å². The molecule has 0 saturated carbocycles. The quantitative estimate of drug-likeness (QED) is 0.246. The van der Waals surface area contributed by atoms with Gasteiger partial charge in [0.15, 0.2) is 5.83 Å². The van der Waals surface area contributed by atoms with Crippen LogP contribution in [0.5, 0.6) is 6.01 Å². The van der Waals surface area contributed by atoms with Crippen molar-refractivity contribution >= 4 is 17.4 Å². The van der Waals surface area contributed by atoms with Gasteiger partial charge in [-0.3, -0.25) is 9.69 Å². The highest BCUT2D eigenvalue weighted by Gasteiger charge is 2.43. The number of anilines is 2. The number of benzene rings is 1. The Kier molecular flexibility index (Phi) is 9.69. The summed E-state index contributed by atoms with van der Waals surface area (Å²) in [5, 5.41) is 9.48. The fourth-order valence-electron chi connectivity index (χ4n) is 7.51. The highest BCUT2D eigenvalue weighted by Crippen LogP contribution is 2.47. The maximum Gasteiger partial charge on any atom is 0.417 e. The zero-order chi connectivity index (χ0) is 34.4. The minimum Gasteiger partial charge on any atom is -0.462 e. The molecule has 47 heavy (non-hydrogen) atoms. The number of carbonyl (C=O) groups is 1. The van der Waals surface area contributed by atoms with Gasteiger partial charge in [-0.1, -0.05) is 20.4 Å². The van der Waals surface area contributed by atoms with Crippen LogP contribution in [-0.2, 0) is 23.8 Å². The maximum absolute atomic E-state index is 15.6. The molecule has 1 aromatic heterocycles. The standard InChI is InChI=1S/C33H40F5N7O2/c1-17-10-22(43(5)14-17)16-47-32-41-26-13-23(27-28(33(36,37)38)19(3)12-25(40)29(27)35)18(2)11-24(26)30(42-32)44-8-9-45(31(46)20(4)34)21(15-44)6-7-39/h12,17-18,21-23H,4,6,8-11,13-16,40H2,1-3,5H3/t17-,18-,21+,22+,23-/m1/s1. The van der Waals surface area contributed by atoms with Gasteiger partial charge in [-0.2, -0.15) is 28.4 Å². The van der Waals surface area contributed by atoms with Gasteiger partial charge >= 0.3 is 12.2 Å². The molecule has 5 atom stereocenters. The Morgan fingerprint density at radius 2 is 1.91 bits per heavy atom. The summed E-state index contributed by atoms with van der Waals surface area (Å²) in [7, 11) is 2.01. The van der Waals surface area contributed by atoms with E-state index in [-0.39, 0.29) is 68.8 Å². The number of fused-ring (bicyclic) bond motifs is 1. The van der Waals surface area contributed by atoms with Gasteiger partial charge in [0.05, 0.1) is 35.5 Å². The Balaban J connectivity index is 1.56. The number of ether oxygens (including phenoxy) is 1. The van der Waals surface area contributed by atoms with Crippen molar-refractivity contribution in [3.8, 4) is 12.1 Å². The highest BCUT2D eigenvalue weighted by molar-refractivity contribution is 5.91. The normalized spacial score (nSPS) is 25.0. The summed E-state index contributed by atoms with van der Waals surface area (Å²) in [4.78, 5) is 27.3. The molecule has 2 saturated heterocycles. The van der Waals surface area contributed by atoms with Gasteiger partial charge in [0.25, 0.3) is 5.91 Å². The summed E-state index contributed by atoms with van der Waals surface area (Å²) in [5.41, 5.74) is 4.97. The number of piperazine rings is 1. The molecular weight excluding hydrogens is 621 g/mol. The molecule has 2 fully saturated rings. The number of halogens is 5. The molecule has 9 nitrogen and oxygen atoms in total. The first kappa shape index (κ1) is 34.3. The van der Waals surface area contributed by atoms with Gasteiger partial charge in [-0.15, -0.1) is 0 Å². The van der Waals surface area contributed by atoms with Gasteiger partial charge in [0.1, 0.15) is 18.2 Å². The predicted molar refractivity (Wildman–Crippen MR) is 166 cm³/mol. The molecular formula is C33H40F5N7O2. The van der Waals surface area contributed by atoms with Crippen LogP contribution in [0.2, 0.25) is 0 Å². The Hall–Kier alpha value is -3.99. The number of hydrogen-bond donors (Lipinski definition) is 1. The molecule has 0 radical (unpaired) electrons. The lowest BCUT2D eigenvalue weighted by Crippen LogP contribution is -2.55. The molecule has 2 N–H and O–H groups in total. The zero-order valence-corrected chi connectivity index (χ0v) is 27.0. The van der Waals surface area contributed by atoms with E-state index >= 15 is 4.39 Å². The van der Waals surface area contributed by atoms with Crippen LogP contribution in [0.15, 0.2) is 18.5 Å². The summed E-state index contributed by atoms with van der Waals surface area (Å²) in [6.07, 6.45) is -3.75. The molecule has 2 aromatic rings. The number of aryl methyl sites for hydroxylation is 1. The number of rotatable bonds is 7. The Morgan fingerprint density at radius 3 is 2.53 bits per heavy atom. The lowest BCUT2D eigenvalue weighted by molar-refractivity contribution is -0.139. The second-order valence-electron chi connectivity index (χ2n) is 13.2. The SMILES string of the molecule is C=C(F)C(=O)N1CCN(c2nc(OC[C@@H]3C[C@@H](C)CN3C)nc3c2C[C@@H](C)[C@H](c2c(F)c(N)cc(C)c2C(F)(F)F)C3)C[C@@H]1CC#N. The smallest absolute Gasteiger partial charge is 0.417 e. The summed E-state index contributed by atoms with van der Waals surface area (Å²) in [5.74, 6) is -3.49. The molecule has 1 aromatic carbocycles. The molecule has 1 amide bonds. The first-order valence-corrected chi connectivity index (χ1v) is 15.8. The highest BCUT2D eigenvalue weighted by atomic mass is 19.4. The minimum absolute atomic E-state index is 0.0204. The third-order valence-corrected chi connectivity index (χ3v) is 9.76. The van der Waals surface area contributed by atoms with Gasteiger partial charge in [0, 0.05) is 43.3 Å². The number of likely N-dealkylation sites (tertiary alicyclic amines) is 1. The fourth-order valence-corrected chi connectivity index (χ4v) is 7.51. The van der Waals surface area contributed by atoms with Gasteiger partial charge < -0.3 is 20.3 Å². The number of carbonyl (C=O) groups excluding carboxylic acids is 1. The van der Waals surface area contributed by atoms with Crippen LogP contribution in [0.25, 0.3) is 0 Å². The van der Waals surface area contributed by atoms with Crippen molar-refractivity contribution in [3.05, 3.63) is 52.2 Å². The number of amides is 1. The first-order valence-electron chi connectivity index (χ1n) is 15.8. The largest absolute Gasteiger partial charge is 0.462 e. The number of hydrogen-bond acceptors (Lipinski definition) is 8. The number of alkyl halides is 3. The molecule has 3 heterocycles. The van der Waals surface area contributed by atoms with E-state index in [9.17, 15) is 27.6 Å². The van der Waals surface area contributed by atoms with Crippen molar-refractivity contribution in [3.63, 3.8) is 0 Å². The van der Waals surface area contributed by atoms with Crippen LogP contribution in [0.4, 0.5) is 33.5 Å². The van der Waals surface area contributed by atoms with Crippen molar-refractivity contribution in [1.82, 2.24) is 19.8 Å². The van der Waals surface area contributed by atoms with Crippen molar-refractivity contribution < 1.29 is 31.5 Å². The average molecular weight is 662 g/mol. The second-order valence-corrected chi connectivity index (χ2v) is 13.2. The molecule has 254 valence electrons. The van der Waals surface area contributed by atoms with E-state index in [0.717, 1.165) is 19.0 Å². The van der Waals surface area contributed by atoms with Crippen molar-refractivity contribution in [1.29, 1.82) is 5.26 Å². The van der Waals surface area contributed by atoms with Crippen LogP contribution in [0.3, 0.4) is 0 Å². The molecule has 0 unspecified atom stereocenters. The van der Waals surface area contributed by atoms with Crippen molar-refractivity contribution in [2.75, 3.05) is 50.5 Å². The maximum atomic E-state index is 15.6. The monoisotopic (exact) mass is 661 g/mol.